The first kappa shape index (κ1) is 21.0. The third-order valence-electron chi connectivity index (χ3n) is 6.08. The molecule has 31 heavy (non-hydrogen) atoms. The molecule has 2 aromatic carbocycles. The first-order valence-corrected chi connectivity index (χ1v) is 11.0. The van der Waals surface area contributed by atoms with E-state index >= 15 is 0 Å². The minimum Gasteiger partial charge on any atom is -0.452 e. The Morgan fingerprint density at radius 1 is 1.06 bits per heavy atom. The Morgan fingerprint density at radius 3 is 2.58 bits per heavy atom. The number of nitrogens with one attached hydrogen (secondary N) is 1. The van der Waals surface area contributed by atoms with Crippen molar-refractivity contribution >= 4 is 28.5 Å². The molecule has 0 aliphatic heterocycles. The normalized spacial score (nSPS) is 14.0. The summed E-state index contributed by atoms with van der Waals surface area (Å²) in [7, 11) is 0. The number of anilines is 1. The van der Waals surface area contributed by atoms with Crippen LogP contribution in [0.25, 0.3) is 10.9 Å². The van der Waals surface area contributed by atoms with Crippen LogP contribution in [0.2, 0.25) is 0 Å². The van der Waals surface area contributed by atoms with Crippen LogP contribution < -0.4 is 5.32 Å². The van der Waals surface area contributed by atoms with Gasteiger partial charge in [0.15, 0.2) is 6.61 Å². The zero-order valence-electron chi connectivity index (χ0n) is 18.1. The van der Waals surface area contributed by atoms with E-state index in [1.807, 2.05) is 48.5 Å². The molecule has 0 saturated carbocycles. The highest BCUT2D eigenvalue weighted by Gasteiger charge is 2.24. The van der Waals surface area contributed by atoms with Gasteiger partial charge in [0, 0.05) is 16.8 Å². The minimum absolute atomic E-state index is 0.322. The van der Waals surface area contributed by atoms with Gasteiger partial charge >= 0.3 is 5.97 Å². The summed E-state index contributed by atoms with van der Waals surface area (Å²) in [4.78, 5) is 30.1. The molecule has 0 bridgehead atoms. The number of aromatic nitrogens is 1. The summed E-state index contributed by atoms with van der Waals surface area (Å²) < 4.78 is 5.44. The van der Waals surface area contributed by atoms with Gasteiger partial charge in [0.05, 0.1) is 11.1 Å². The van der Waals surface area contributed by atoms with Gasteiger partial charge in [-0.3, -0.25) is 9.78 Å². The molecule has 160 valence electrons. The molecule has 5 heteroatoms. The van der Waals surface area contributed by atoms with Crippen LogP contribution in [0.4, 0.5) is 5.69 Å². The molecule has 0 fully saturated rings. The second-order valence-electron chi connectivity index (χ2n) is 8.19. The molecular weight excluding hydrogens is 388 g/mol. The van der Waals surface area contributed by atoms with Crippen molar-refractivity contribution in [2.45, 2.75) is 51.9 Å². The van der Waals surface area contributed by atoms with Crippen molar-refractivity contribution in [3.05, 3.63) is 70.9 Å². The first-order chi connectivity index (χ1) is 15.1. The first-order valence-electron chi connectivity index (χ1n) is 11.0. The van der Waals surface area contributed by atoms with E-state index in [-0.39, 0.29) is 12.5 Å². The van der Waals surface area contributed by atoms with Gasteiger partial charge in [0.25, 0.3) is 5.91 Å². The van der Waals surface area contributed by atoms with Crippen LogP contribution in [0.3, 0.4) is 0 Å². The van der Waals surface area contributed by atoms with Crippen LogP contribution in [-0.2, 0) is 22.4 Å². The third-order valence-corrected chi connectivity index (χ3v) is 6.08. The van der Waals surface area contributed by atoms with Crippen molar-refractivity contribution in [1.29, 1.82) is 0 Å². The van der Waals surface area contributed by atoms with Crippen molar-refractivity contribution in [3.8, 4) is 0 Å². The van der Waals surface area contributed by atoms with Gasteiger partial charge in [-0.2, -0.15) is 0 Å². The average molecular weight is 417 g/mol. The Hall–Kier alpha value is -3.21. The summed E-state index contributed by atoms with van der Waals surface area (Å²) in [5.74, 6) is -0.331. The van der Waals surface area contributed by atoms with Crippen LogP contribution >= 0.6 is 0 Å². The molecular formula is C26H28N2O3. The number of para-hydroxylation sites is 1. The smallest absolute Gasteiger partial charge is 0.339 e. The number of benzene rings is 2. The van der Waals surface area contributed by atoms with E-state index in [9.17, 15) is 9.59 Å². The summed E-state index contributed by atoms with van der Waals surface area (Å²) in [5.41, 5.74) is 5.23. The predicted molar refractivity (Wildman–Crippen MR) is 122 cm³/mol. The van der Waals surface area contributed by atoms with Gasteiger partial charge in [-0.05, 0) is 67.3 Å². The Balaban J connectivity index is 1.46. The zero-order valence-corrected chi connectivity index (χ0v) is 18.1. The molecule has 0 unspecified atom stereocenters. The number of nitrogens with zero attached hydrogens (tertiary/aromatic N) is 1. The molecule has 3 aromatic rings. The standard InChI is InChI=1S/C26H28N2O3/c1-3-17(2)18-12-14-19(15-13-18)27-24(29)16-31-26(30)25-20-8-4-6-10-22(20)28-23-11-7-5-9-21(23)25/h4,6,8,10,12-15,17H,3,5,7,9,11,16H2,1-2H3,(H,27,29)/t17-/m1/s1. The number of hydrogen-bond acceptors (Lipinski definition) is 4. The van der Waals surface area contributed by atoms with E-state index < -0.39 is 5.97 Å². The lowest BCUT2D eigenvalue weighted by Gasteiger charge is -2.20. The highest BCUT2D eigenvalue weighted by Crippen LogP contribution is 2.29. The van der Waals surface area contributed by atoms with E-state index in [2.05, 4.69) is 19.2 Å². The van der Waals surface area contributed by atoms with Crippen molar-refractivity contribution in [2.75, 3.05) is 11.9 Å². The molecule has 1 atom stereocenters. The molecule has 1 aromatic heterocycles. The third kappa shape index (κ3) is 4.61. The Morgan fingerprint density at radius 2 is 1.81 bits per heavy atom. The predicted octanol–water partition coefficient (Wildman–Crippen LogP) is 5.42. The SMILES string of the molecule is CC[C@@H](C)c1ccc(NC(=O)COC(=O)c2c3c(nc4ccccc24)CCCC3)cc1. The number of rotatable bonds is 6. The summed E-state index contributed by atoms with van der Waals surface area (Å²) in [6.07, 6.45) is 4.85. The lowest BCUT2D eigenvalue weighted by atomic mass is 9.90. The summed E-state index contributed by atoms with van der Waals surface area (Å²) in [6, 6.07) is 15.4. The molecule has 1 aliphatic rings. The molecule has 5 nitrogen and oxygen atoms in total. The van der Waals surface area contributed by atoms with Gasteiger partial charge in [-0.15, -0.1) is 0 Å². The van der Waals surface area contributed by atoms with E-state index in [0.29, 0.717) is 17.2 Å². The lowest BCUT2D eigenvalue weighted by molar-refractivity contribution is -0.119. The molecule has 1 aliphatic carbocycles. The quantitative estimate of drug-likeness (QED) is 0.545. The monoisotopic (exact) mass is 416 g/mol. The van der Waals surface area contributed by atoms with Crippen molar-refractivity contribution < 1.29 is 14.3 Å². The van der Waals surface area contributed by atoms with Crippen LogP contribution in [-0.4, -0.2) is 23.5 Å². The number of carbonyl (C=O) groups excluding carboxylic acids is 2. The molecule has 1 N–H and O–H groups in total. The molecule has 1 amide bonds. The molecule has 1 heterocycles. The molecule has 4 rings (SSSR count). The van der Waals surface area contributed by atoms with Crippen molar-refractivity contribution in [2.24, 2.45) is 0 Å². The zero-order chi connectivity index (χ0) is 21.8. The highest BCUT2D eigenvalue weighted by atomic mass is 16.5. The second-order valence-corrected chi connectivity index (χ2v) is 8.19. The summed E-state index contributed by atoms with van der Waals surface area (Å²) >= 11 is 0. The fourth-order valence-corrected chi connectivity index (χ4v) is 4.14. The minimum atomic E-state index is -0.459. The van der Waals surface area contributed by atoms with Crippen LogP contribution in [0.1, 0.15) is 66.2 Å². The van der Waals surface area contributed by atoms with Gasteiger partial charge in [-0.25, -0.2) is 4.79 Å². The van der Waals surface area contributed by atoms with Crippen molar-refractivity contribution in [3.63, 3.8) is 0 Å². The van der Waals surface area contributed by atoms with Crippen LogP contribution in [0.5, 0.6) is 0 Å². The number of pyridine rings is 1. The second kappa shape index (κ2) is 9.29. The largest absolute Gasteiger partial charge is 0.452 e. The number of ether oxygens (including phenoxy) is 1. The van der Waals surface area contributed by atoms with Crippen LogP contribution in [0.15, 0.2) is 48.5 Å². The van der Waals surface area contributed by atoms with Gasteiger partial charge < -0.3 is 10.1 Å². The summed E-state index contributed by atoms with van der Waals surface area (Å²) in [5, 5.41) is 3.59. The number of carbonyl (C=O) groups is 2. The molecule has 0 spiro atoms. The van der Waals surface area contributed by atoms with Crippen molar-refractivity contribution in [1.82, 2.24) is 4.98 Å². The average Bonchev–Trinajstić information content (AvgIpc) is 2.81. The summed E-state index contributed by atoms with van der Waals surface area (Å²) in [6.45, 7) is 4.00. The Bertz CT molecular complexity index is 1110. The number of aryl methyl sites for hydroxylation is 1. The maximum Gasteiger partial charge on any atom is 0.339 e. The Labute approximate surface area is 182 Å². The molecule has 0 saturated heterocycles. The maximum atomic E-state index is 13.0. The molecule has 0 radical (unpaired) electrons. The number of amides is 1. The van der Waals surface area contributed by atoms with Gasteiger partial charge in [-0.1, -0.05) is 44.2 Å². The van der Waals surface area contributed by atoms with Gasteiger partial charge in [0.1, 0.15) is 0 Å². The van der Waals surface area contributed by atoms with Gasteiger partial charge in [0.2, 0.25) is 0 Å². The van der Waals surface area contributed by atoms with E-state index in [0.717, 1.165) is 54.3 Å². The van der Waals surface area contributed by atoms with E-state index in [1.165, 1.54) is 5.56 Å². The van der Waals surface area contributed by atoms with Crippen LogP contribution in [0, 0.1) is 0 Å². The maximum absolute atomic E-state index is 13.0. The highest BCUT2D eigenvalue weighted by molar-refractivity contribution is 6.06. The van der Waals surface area contributed by atoms with E-state index in [1.54, 1.807) is 0 Å². The van der Waals surface area contributed by atoms with E-state index in [4.69, 9.17) is 9.72 Å². The fraction of sp³-hybridized carbons (Fsp3) is 0.346. The lowest BCUT2D eigenvalue weighted by Crippen LogP contribution is -2.22. The number of fused-ring (bicyclic) bond motifs is 2. The fourth-order valence-electron chi connectivity index (χ4n) is 4.14. The topological polar surface area (TPSA) is 68.3 Å². The number of esters is 1. The number of hydrogen-bond donors (Lipinski definition) is 1. The Kier molecular flexibility index (Phi) is 6.31.